The van der Waals surface area contributed by atoms with Gasteiger partial charge < -0.3 is 5.11 Å². The lowest BCUT2D eigenvalue weighted by molar-refractivity contribution is 0.475. The van der Waals surface area contributed by atoms with Gasteiger partial charge in [0.15, 0.2) is 0 Å². The summed E-state index contributed by atoms with van der Waals surface area (Å²) in [5.41, 5.74) is 1.10. The van der Waals surface area contributed by atoms with Crippen molar-refractivity contribution < 1.29 is 5.11 Å². The first-order valence-corrected chi connectivity index (χ1v) is 4.46. The van der Waals surface area contributed by atoms with Gasteiger partial charge >= 0.3 is 0 Å². The van der Waals surface area contributed by atoms with E-state index in [1.807, 2.05) is 24.3 Å². The lowest BCUT2D eigenvalue weighted by atomic mass is 10.2. The zero-order chi connectivity index (χ0) is 8.10. The molecule has 0 amide bonds. The van der Waals surface area contributed by atoms with E-state index in [1.54, 1.807) is 12.1 Å². The minimum atomic E-state index is 0.306. The fourth-order valence-corrected chi connectivity index (χ4v) is 0.953. The average Bonchev–Trinajstić information content (AvgIpc) is 2.04. The second kappa shape index (κ2) is 4.19. The lowest BCUT2D eigenvalue weighted by Gasteiger charge is -1.92. The molecule has 0 aliphatic carbocycles. The summed E-state index contributed by atoms with van der Waals surface area (Å²) >= 11 is 3.29. The molecule has 0 heterocycles. The summed E-state index contributed by atoms with van der Waals surface area (Å²) < 4.78 is 0. The number of hydrogen-bond acceptors (Lipinski definition) is 1. The van der Waals surface area contributed by atoms with Gasteiger partial charge in [-0.15, -0.1) is 0 Å². The molecular weight excluding hydrogens is 204 g/mol. The van der Waals surface area contributed by atoms with Crippen molar-refractivity contribution in [3.63, 3.8) is 0 Å². The fraction of sp³-hybridized carbons (Fsp3) is 0.111. The summed E-state index contributed by atoms with van der Waals surface area (Å²) in [5.74, 6) is 0.306. The van der Waals surface area contributed by atoms with Gasteiger partial charge in [0, 0.05) is 5.33 Å². The summed E-state index contributed by atoms with van der Waals surface area (Å²) in [4.78, 5) is 0. The smallest absolute Gasteiger partial charge is 0.115 e. The Labute approximate surface area is 74.5 Å². The molecule has 0 aromatic heterocycles. The Kier molecular flexibility index (Phi) is 3.17. The van der Waals surface area contributed by atoms with Crippen LogP contribution in [0, 0.1) is 0 Å². The molecule has 0 aliphatic rings. The maximum absolute atomic E-state index is 8.95. The number of phenolic OH excluding ortho intramolecular Hbond substituents is 1. The van der Waals surface area contributed by atoms with Crippen LogP contribution in [0.4, 0.5) is 0 Å². The molecule has 0 spiro atoms. The van der Waals surface area contributed by atoms with E-state index < -0.39 is 0 Å². The lowest BCUT2D eigenvalue weighted by Crippen LogP contribution is -1.70. The number of aromatic hydroxyl groups is 1. The Morgan fingerprint density at radius 3 is 2.45 bits per heavy atom. The van der Waals surface area contributed by atoms with Crippen LogP contribution >= 0.6 is 15.9 Å². The van der Waals surface area contributed by atoms with E-state index in [-0.39, 0.29) is 0 Å². The van der Waals surface area contributed by atoms with Crippen molar-refractivity contribution >= 4 is 22.0 Å². The molecule has 1 rings (SSSR count). The van der Waals surface area contributed by atoms with Crippen LogP contribution in [0.2, 0.25) is 0 Å². The molecule has 1 aromatic carbocycles. The third-order valence-corrected chi connectivity index (χ3v) is 1.67. The first-order chi connectivity index (χ1) is 5.33. The second-order valence-electron chi connectivity index (χ2n) is 2.15. The van der Waals surface area contributed by atoms with Crippen LogP contribution in [0.5, 0.6) is 5.75 Å². The number of alkyl halides is 1. The van der Waals surface area contributed by atoms with Gasteiger partial charge in [0.1, 0.15) is 5.75 Å². The van der Waals surface area contributed by atoms with Gasteiger partial charge in [-0.3, -0.25) is 0 Å². The zero-order valence-corrected chi connectivity index (χ0v) is 7.58. The third kappa shape index (κ3) is 2.76. The molecular formula is C9H9BrO. The molecule has 0 fully saturated rings. The first-order valence-electron chi connectivity index (χ1n) is 3.34. The van der Waals surface area contributed by atoms with Crippen molar-refractivity contribution in [2.45, 2.75) is 0 Å². The molecule has 0 aliphatic heterocycles. The summed E-state index contributed by atoms with van der Waals surface area (Å²) in [6, 6.07) is 7.09. The molecule has 0 radical (unpaired) electrons. The van der Waals surface area contributed by atoms with Gasteiger partial charge in [-0.1, -0.05) is 40.2 Å². The topological polar surface area (TPSA) is 20.2 Å². The number of allylic oxidation sites excluding steroid dienone is 1. The molecule has 0 saturated heterocycles. The summed E-state index contributed by atoms with van der Waals surface area (Å²) in [7, 11) is 0. The Morgan fingerprint density at radius 1 is 1.27 bits per heavy atom. The molecule has 1 aromatic rings. The summed E-state index contributed by atoms with van der Waals surface area (Å²) in [6.07, 6.45) is 4.00. The number of benzene rings is 1. The van der Waals surface area contributed by atoms with Crippen molar-refractivity contribution in [1.82, 2.24) is 0 Å². The Bertz CT molecular complexity index is 238. The van der Waals surface area contributed by atoms with E-state index >= 15 is 0 Å². The maximum atomic E-state index is 8.95. The number of halogens is 1. The minimum Gasteiger partial charge on any atom is -0.508 e. The van der Waals surface area contributed by atoms with Gasteiger partial charge in [-0.25, -0.2) is 0 Å². The summed E-state index contributed by atoms with van der Waals surface area (Å²) in [6.45, 7) is 0. The SMILES string of the molecule is Oc1ccc(C=CCBr)cc1. The molecule has 2 heteroatoms. The first kappa shape index (κ1) is 8.34. The molecule has 11 heavy (non-hydrogen) atoms. The van der Waals surface area contributed by atoms with Crippen molar-refractivity contribution in [3.05, 3.63) is 35.9 Å². The van der Waals surface area contributed by atoms with E-state index in [0.29, 0.717) is 5.75 Å². The Hall–Kier alpha value is -0.760. The standard InChI is InChI=1S/C9H9BrO/c10-7-1-2-8-3-5-9(11)6-4-8/h1-6,11H,7H2. The van der Waals surface area contributed by atoms with E-state index in [1.165, 1.54) is 0 Å². The van der Waals surface area contributed by atoms with Gasteiger partial charge in [-0.05, 0) is 17.7 Å². The predicted molar refractivity (Wildman–Crippen MR) is 50.9 cm³/mol. The fourth-order valence-electron chi connectivity index (χ4n) is 0.766. The van der Waals surface area contributed by atoms with E-state index in [4.69, 9.17) is 5.11 Å². The number of rotatable bonds is 2. The van der Waals surface area contributed by atoms with Crippen molar-refractivity contribution in [3.8, 4) is 5.75 Å². The van der Waals surface area contributed by atoms with Crippen LogP contribution in [-0.4, -0.2) is 10.4 Å². The monoisotopic (exact) mass is 212 g/mol. The molecule has 0 bridgehead atoms. The molecule has 1 nitrogen and oxygen atoms in total. The predicted octanol–water partition coefficient (Wildman–Crippen LogP) is 2.80. The van der Waals surface area contributed by atoms with Crippen molar-refractivity contribution in [2.24, 2.45) is 0 Å². The second-order valence-corrected chi connectivity index (χ2v) is 2.80. The largest absolute Gasteiger partial charge is 0.508 e. The zero-order valence-electron chi connectivity index (χ0n) is 6.00. The number of hydrogen-bond donors (Lipinski definition) is 1. The molecule has 0 saturated carbocycles. The van der Waals surface area contributed by atoms with Crippen LogP contribution in [-0.2, 0) is 0 Å². The molecule has 1 N–H and O–H groups in total. The molecule has 0 unspecified atom stereocenters. The highest BCUT2D eigenvalue weighted by molar-refractivity contribution is 9.09. The summed E-state index contributed by atoms with van der Waals surface area (Å²) in [5, 5.41) is 9.80. The van der Waals surface area contributed by atoms with Crippen LogP contribution in [0.15, 0.2) is 30.3 Å². The maximum Gasteiger partial charge on any atom is 0.115 e. The van der Waals surface area contributed by atoms with Crippen LogP contribution < -0.4 is 0 Å². The normalized spacial score (nSPS) is 10.6. The van der Waals surface area contributed by atoms with Crippen molar-refractivity contribution in [1.29, 1.82) is 0 Å². The van der Waals surface area contributed by atoms with Gasteiger partial charge in [0.2, 0.25) is 0 Å². The quantitative estimate of drug-likeness (QED) is 0.749. The van der Waals surface area contributed by atoms with Gasteiger partial charge in [0.05, 0.1) is 0 Å². The van der Waals surface area contributed by atoms with E-state index in [9.17, 15) is 0 Å². The van der Waals surface area contributed by atoms with Crippen LogP contribution in [0.3, 0.4) is 0 Å². The van der Waals surface area contributed by atoms with E-state index in [0.717, 1.165) is 10.9 Å². The molecule has 0 atom stereocenters. The number of phenols is 1. The third-order valence-electron chi connectivity index (χ3n) is 1.29. The van der Waals surface area contributed by atoms with Gasteiger partial charge in [-0.2, -0.15) is 0 Å². The Balaban J connectivity index is 2.73. The minimum absolute atomic E-state index is 0.306. The average molecular weight is 213 g/mol. The van der Waals surface area contributed by atoms with Crippen molar-refractivity contribution in [2.75, 3.05) is 5.33 Å². The van der Waals surface area contributed by atoms with Gasteiger partial charge in [0.25, 0.3) is 0 Å². The van der Waals surface area contributed by atoms with Crippen LogP contribution in [0.25, 0.3) is 6.08 Å². The highest BCUT2D eigenvalue weighted by atomic mass is 79.9. The highest BCUT2D eigenvalue weighted by Crippen LogP contribution is 2.10. The Morgan fingerprint density at radius 2 is 1.91 bits per heavy atom. The van der Waals surface area contributed by atoms with E-state index in [2.05, 4.69) is 15.9 Å². The van der Waals surface area contributed by atoms with Crippen LogP contribution in [0.1, 0.15) is 5.56 Å². The highest BCUT2D eigenvalue weighted by Gasteiger charge is 1.85. The molecule has 58 valence electrons.